The monoisotopic (exact) mass is 386 g/mol. The third-order valence-electron chi connectivity index (χ3n) is 4.13. The molecule has 2 rings (SSSR count). The predicted octanol–water partition coefficient (Wildman–Crippen LogP) is 9.17. The van der Waals surface area contributed by atoms with E-state index < -0.39 is 0 Å². The first-order chi connectivity index (χ1) is 13.7. The second-order valence-corrected chi connectivity index (χ2v) is 8.52. The second-order valence-electron chi connectivity index (χ2n) is 8.52. The van der Waals surface area contributed by atoms with E-state index in [1.54, 1.807) is 0 Å². The summed E-state index contributed by atoms with van der Waals surface area (Å²) in [5.74, 6) is 1.79. The summed E-state index contributed by atoms with van der Waals surface area (Å²) in [5, 5.41) is 0. The normalized spacial score (nSPS) is 10.1. The molecule has 0 fully saturated rings. The van der Waals surface area contributed by atoms with Gasteiger partial charge in [0.25, 0.3) is 0 Å². The molecule has 0 aromatic heterocycles. The molecule has 0 saturated carbocycles. The van der Waals surface area contributed by atoms with E-state index in [-0.39, 0.29) is 0 Å². The van der Waals surface area contributed by atoms with Gasteiger partial charge in [0.05, 0.1) is 0 Å². The number of para-hydroxylation sites is 2. The maximum Gasteiger partial charge on any atom is 0.141 e. The molecule has 0 aliphatic heterocycles. The fraction of sp³-hybridized carbons (Fsp3) is 0.286. The third kappa shape index (κ3) is 6.64. The van der Waals surface area contributed by atoms with Crippen LogP contribution in [-0.2, 0) is 0 Å². The van der Waals surface area contributed by atoms with Crippen molar-refractivity contribution >= 4 is 24.3 Å². The van der Waals surface area contributed by atoms with Gasteiger partial charge >= 0.3 is 0 Å². The Balaban J connectivity index is 2.79. The van der Waals surface area contributed by atoms with Gasteiger partial charge in [-0.05, 0) is 55.4 Å². The fourth-order valence-electron chi connectivity index (χ4n) is 3.18. The Hall–Kier alpha value is -2.80. The van der Waals surface area contributed by atoms with Gasteiger partial charge in [-0.15, -0.1) is 0 Å². The molecule has 2 aromatic rings. The number of hydrogen-bond acceptors (Lipinski definition) is 1. The van der Waals surface area contributed by atoms with Crippen LogP contribution in [0, 0.1) is 0 Å². The van der Waals surface area contributed by atoms with Gasteiger partial charge in [-0.1, -0.05) is 83.0 Å². The van der Waals surface area contributed by atoms with Crippen LogP contribution in [0.25, 0.3) is 24.3 Å². The van der Waals surface area contributed by atoms with Crippen molar-refractivity contribution in [3.63, 3.8) is 0 Å². The highest BCUT2D eigenvalue weighted by Crippen LogP contribution is 2.37. The molecule has 0 saturated heterocycles. The zero-order valence-electron chi connectivity index (χ0n) is 19.2. The predicted molar refractivity (Wildman–Crippen MR) is 130 cm³/mol. The second kappa shape index (κ2) is 10.1. The topological polar surface area (TPSA) is 9.23 Å². The SMILES string of the molecule is CC(C)=Cc1cccc(C=C(C)C)c1Oc1c(C=C(C)C)cccc1C=C(C)C. The number of benzene rings is 2. The van der Waals surface area contributed by atoms with Crippen LogP contribution in [-0.4, -0.2) is 0 Å². The molecule has 0 aliphatic rings. The average molecular weight is 387 g/mol. The molecule has 0 aliphatic carbocycles. The Morgan fingerprint density at radius 2 is 0.724 bits per heavy atom. The quantitative estimate of drug-likeness (QED) is 0.481. The summed E-state index contributed by atoms with van der Waals surface area (Å²) >= 11 is 0. The van der Waals surface area contributed by atoms with Gasteiger partial charge in [0.1, 0.15) is 11.5 Å². The highest BCUT2D eigenvalue weighted by Gasteiger charge is 2.14. The first kappa shape index (κ1) is 22.5. The minimum Gasteiger partial charge on any atom is -0.455 e. The van der Waals surface area contributed by atoms with Crippen molar-refractivity contribution in [2.45, 2.75) is 55.4 Å². The number of ether oxygens (including phenoxy) is 1. The van der Waals surface area contributed by atoms with E-state index in [9.17, 15) is 0 Å². The molecular formula is C28H34O. The molecule has 0 bridgehead atoms. The van der Waals surface area contributed by atoms with Gasteiger partial charge in [0, 0.05) is 22.3 Å². The summed E-state index contributed by atoms with van der Waals surface area (Å²) in [6.45, 7) is 16.9. The molecule has 1 nitrogen and oxygen atoms in total. The molecule has 0 unspecified atom stereocenters. The van der Waals surface area contributed by atoms with Crippen LogP contribution in [0.5, 0.6) is 11.5 Å². The molecule has 152 valence electrons. The first-order valence-corrected chi connectivity index (χ1v) is 10.2. The summed E-state index contributed by atoms with van der Waals surface area (Å²) in [4.78, 5) is 0. The standard InChI is InChI=1S/C28H34O/c1-19(2)15-23-11-9-12-24(16-20(3)4)27(23)29-28-25(17-21(5)6)13-10-14-26(28)18-22(7)8/h9-18H,1-8H3. The van der Waals surface area contributed by atoms with Crippen molar-refractivity contribution in [3.8, 4) is 11.5 Å². The minimum atomic E-state index is 0.896. The summed E-state index contributed by atoms with van der Waals surface area (Å²) < 4.78 is 6.73. The summed E-state index contributed by atoms with van der Waals surface area (Å²) in [7, 11) is 0. The van der Waals surface area contributed by atoms with Crippen LogP contribution < -0.4 is 4.74 Å². The molecule has 29 heavy (non-hydrogen) atoms. The molecule has 1 heteroatoms. The number of allylic oxidation sites excluding steroid dienone is 4. The van der Waals surface area contributed by atoms with Gasteiger partial charge in [0.15, 0.2) is 0 Å². The van der Waals surface area contributed by atoms with E-state index >= 15 is 0 Å². The fourth-order valence-corrected chi connectivity index (χ4v) is 3.18. The Bertz CT molecular complexity index is 827. The maximum atomic E-state index is 6.73. The van der Waals surface area contributed by atoms with E-state index in [1.807, 2.05) is 0 Å². The van der Waals surface area contributed by atoms with Crippen LogP contribution in [0.2, 0.25) is 0 Å². The van der Waals surface area contributed by atoms with Crippen molar-refractivity contribution < 1.29 is 4.74 Å². The lowest BCUT2D eigenvalue weighted by Crippen LogP contribution is -1.96. The van der Waals surface area contributed by atoms with E-state index in [1.165, 1.54) is 22.3 Å². The van der Waals surface area contributed by atoms with Gasteiger partial charge in [-0.3, -0.25) is 0 Å². The van der Waals surface area contributed by atoms with Crippen molar-refractivity contribution in [2.24, 2.45) is 0 Å². The number of hydrogen-bond donors (Lipinski definition) is 0. The molecular weight excluding hydrogens is 352 g/mol. The zero-order valence-corrected chi connectivity index (χ0v) is 19.2. The van der Waals surface area contributed by atoms with E-state index in [0.717, 1.165) is 33.8 Å². The molecule has 0 heterocycles. The van der Waals surface area contributed by atoms with Gasteiger partial charge in [0.2, 0.25) is 0 Å². The lowest BCUT2D eigenvalue weighted by molar-refractivity contribution is 0.478. The maximum absolute atomic E-state index is 6.73. The Morgan fingerprint density at radius 1 is 0.483 bits per heavy atom. The summed E-state index contributed by atoms with van der Waals surface area (Å²) in [5.41, 5.74) is 9.34. The van der Waals surface area contributed by atoms with Crippen LogP contribution in [0.4, 0.5) is 0 Å². The van der Waals surface area contributed by atoms with Crippen molar-refractivity contribution in [1.29, 1.82) is 0 Å². The van der Waals surface area contributed by atoms with Gasteiger partial charge in [-0.2, -0.15) is 0 Å². The van der Waals surface area contributed by atoms with Crippen LogP contribution in [0.3, 0.4) is 0 Å². The molecule has 0 N–H and O–H groups in total. The lowest BCUT2D eigenvalue weighted by Gasteiger charge is -2.17. The Morgan fingerprint density at radius 3 is 0.931 bits per heavy atom. The molecule has 0 spiro atoms. The highest BCUT2D eigenvalue weighted by molar-refractivity contribution is 5.74. The molecule has 0 amide bonds. The Labute approximate surface area is 177 Å². The first-order valence-electron chi connectivity index (χ1n) is 10.2. The van der Waals surface area contributed by atoms with Crippen LogP contribution >= 0.6 is 0 Å². The van der Waals surface area contributed by atoms with E-state index in [0.29, 0.717) is 0 Å². The summed E-state index contributed by atoms with van der Waals surface area (Å²) in [6, 6.07) is 12.7. The smallest absolute Gasteiger partial charge is 0.141 e. The van der Waals surface area contributed by atoms with Crippen molar-refractivity contribution in [2.75, 3.05) is 0 Å². The molecule has 2 aromatic carbocycles. The Kier molecular flexibility index (Phi) is 7.84. The third-order valence-corrected chi connectivity index (χ3v) is 4.13. The molecule has 0 atom stereocenters. The van der Waals surface area contributed by atoms with Crippen molar-refractivity contribution in [1.82, 2.24) is 0 Å². The summed E-state index contributed by atoms with van der Waals surface area (Å²) in [6.07, 6.45) is 8.73. The van der Waals surface area contributed by atoms with Gasteiger partial charge < -0.3 is 4.74 Å². The van der Waals surface area contributed by atoms with Crippen molar-refractivity contribution in [3.05, 3.63) is 80.9 Å². The lowest BCUT2D eigenvalue weighted by atomic mass is 10.0. The van der Waals surface area contributed by atoms with Crippen LogP contribution in [0.15, 0.2) is 58.7 Å². The minimum absolute atomic E-state index is 0.896. The highest BCUT2D eigenvalue weighted by atomic mass is 16.5. The largest absolute Gasteiger partial charge is 0.455 e. The zero-order chi connectivity index (χ0) is 21.6. The van der Waals surface area contributed by atoms with Crippen LogP contribution in [0.1, 0.15) is 77.6 Å². The molecule has 0 radical (unpaired) electrons. The van der Waals surface area contributed by atoms with Gasteiger partial charge in [-0.25, -0.2) is 0 Å². The average Bonchev–Trinajstić information content (AvgIpc) is 2.58. The van der Waals surface area contributed by atoms with E-state index in [4.69, 9.17) is 4.74 Å². The van der Waals surface area contributed by atoms with E-state index in [2.05, 4.69) is 116 Å². The number of rotatable bonds is 6.